The molecule has 1 amide bonds. The van der Waals surface area contributed by atoms with Crippen LogP contribution >= 0.6 is 0 Å². The first-order valence-electron chi connectivity index (χ1n) is 8.94. The molecular weight excluding hydrogens is 304 g/mol. The molecule has 5 heteroatoms. The van der Waals surface area contributed by atoms with Crippen molar-refractivity contribution in [1.29, 1.82) is 0 Å². The molecule has 132 valence electrons. The van der Waals surface area contributed by atoms with Crippen LogP contribution in [0, 0.1) is 12.8 Å². The van der Waals surface area contributed by atoms with E-state index in [4.69, 9.17) is 4.74 Å². The van der Waals surface area contributed by atoms with E-state index in [-0.39, 0.29) is 24.5 Å². The molecule has 2 saturated heterocycles. The van der Waals surface area contributed by atoms with Gasteiger partial charge in [-0.3, -0.25) is 9.69 Å². The summed E-state index contributed by atoms with van der Waals surface area (Å²) >= 11 is 0. The number of aliphatic hydroxyl groups is 1. The van der Waals surface area contributed by atoms with Gasteiger partial charge >= 0.3 is 0 Å². The SMILES string of the molecule is Cc1ccccc1CC(=O)N[C@@H]1CN(C2CCOCC2)C[C@H]1CO. The van der Waals surface area contributed by atoms with Crippen molar-refractivity contribution in [1.82, 2.24) is 10.2 Å². The average molecular weight is 332 g/mol. The van der Waals surface area contributed by atoms with Gasteiger partial charge in [-0.2, -0.15) is 0 Å². The molecule has 1 aromatic rings. The van der Waals surface area contributed by atoms with Crippen LogP contribution in [0.1, 0.15) is 24.0 Å². The van der Waals surface area contributed by atoms with Crippen LogP contribution < -0.4 is 5.32 Å². The van der Waals surface area contributed by atoms with E-state index in [9.17, 15) is 9.90 Å². The normalized spacial score (nSPS) is 25.8. The summed E-state index contributed by atoms with van der Waals surface area (Å²) in [4.78, 5) is 14.9. The molecule has 1 aromatic carbocycles. The molecule has 0 spiro atoms. The summed E-state index contributed by atoms with van der Waals surface area (Å²) in [6.07, 6.45) is 2.49. The second-order valence-corrected chi connectivity index (χ2v) is 7.02. The summed E-state index contributed by atoms with van der Waals surface area (Å²) in [6, 6.07) is 8.54. The molecule has 5 nitrogen and oxygen atoms in total. The number of amides is 1. The maximum Gasteiger partial charge on any atom is 0.224 e. The number of aryl methyl sites for hydroxylation is 1. The van der Waals surface area contributed by atoms with Crippen molar-refractivity contribution in [2.45, 2.75) is 38.3 Å². The van der Waals surface area contributed by atoms with Crippen LogP contribution in [-0.2, 0) is 16.0 Å². The Morgan fingerprint density at radius 2 is 2.04 bits per heavy atom. The van der Waals surface area contributed by atoms with Crippen molar-refractivity contribution in [2.75, 3.05) is 32.9 Å². The van der Waals surface area contributed by atoms with E-state index >= 15 is 0 Å². The average Bonchev–Trinajstić information content (AvgIpc) is 3.00. The minimum Gasteiger partial charge on any atom is -0.396 e. The Balaban J connectivity index is 1.57. The lowest BCUT2D eigenvalue weighted by Gasteiger charge is -2.31. The van der Waals surface area contributed by atoms with Gasteiger partial charge in [-0.05, 0) is 30.9 Å². The number of hydrogen-bond acceptors (Lipinski definition) is 4. The fraction of sp³-hybridized carbons (Fsp3) is 0.632. The van der Waals surface area contributed by atoms with Gasteiger partial charge in [-0.15, -0.1) is 0 Å². The highest BCUT2D eigenvalue weighted by atomic mass is 16.5. The molecule has 0 aliphatic carbocycles. The maximum atomic E-state index is 12.4. The van der Waals surface area contributed by atoms with Gasteiger partial charge in [-0.1, -0.05) is 24.3 Å². The lowest BCUT2D eigenvalue weighted by atomic mass is 10.0. The number of rotatable bonds is 5. The first-order valence-corrected chi connectivity index (χ1v) is 8.94. The summed E-state index contributed by atoms with van der Waals surface area (Å²) in [7, 11) is 0. The number of nitrogens with zero attached hydrogens (tertiary/aromatic N) is 1. The molecule has 2 fully saturated rings. The second-order valence-electron chi connectivity index (χ2n) is 7.02. The van der Waals surface area contributed by atoms with E-state index in [2.05, 4.69) is 10.2 Å². The zero-order valence-electron chi connectivity index (χ0n) is 14.4. The summed E-state index contributed by atoms with van der Waals surface area (Å²) < 4.78 is 5.44. The minimum absolute atomic E-state index is 0.0364. The maximum absolute atomic E-state index is 12.4. The number of aliphatic hydroxyl groups excluding tert-OH is 1. The number of likely N-dealkylation sites (tertiary alicyclic amines) is 1. The molecule has 2 atom stereocenters. The molecule has 3 rings (SSSR count). The summed E-state index contributed by atoms with van der Waals surface area (Å²) in [5, 5.41) is 12.8. The quantitative estimate of drug-likeness (QED) is 0.848. The van der Waals surface area contributed by atoms with Crippen LogP contribution in [0.5, 0.6) is 0 Å². The Morgan fingerprint density at radius 3 is 2.75 bits per heavy atom. The van der Waals surface area contributed by atoms with Crippen molar-refractivity contribution >= 4 is 5.91 Å². The van der Waals surface area contributed by atoms with Crippen LogP contribution in [0.2, 0.25) is 0 Å². The number of benzene rings is 1. The molecule has 2 aliphatic heterocycles. The van der Waals surface area contributed by atoms with Crippen molar-refractivity contribution in [3.05, 3.63) is 35.4 Å². The van der Waals surface area contributed by atoms with Gasteiger partial charge in [0.15, 0.2) is 0 Å². The van der Waals surface area contributed by atoms with Crippen LogP contribution in [-0.4, -0.2) is 60.9 Å². The van der Waals surface area contributed by atoms with Crippen LogP contribution in [0.4, 0.5) is 0 Å². The van der Waals surface area contributed by atoms with Crippen LogP contribution in [0.15, 0.2) is 24.3 Å². The number of carbonyl (C=O) groups excluding carboxylic acids is 1. The second kappa shape index (κ2) is 8.10. The van der Waals surface area contributed by atoms with Crippen LogP contribution in [0.25, 0.3) is 0 Å². The van der Waals surface area contributed by atoms with Gasteiger partial charge in [0, 0.05) is 50.9 Å². The predicted molar refractivity (Wildman–Crippen MR) is 92.8 cm³/mol. The number of hydrogen-bond donors (Lipinski definition) is 2. The number of ether oxygens (including phenoxy) is 1. The highest BCUT2D eigenvalue weighted by molar-refractivity contribution is 5.79. The summed E-state index contributed by atoms with van der Waals surface area (Å²) in [5.74, 6) is 0.162. The lowest BCUT2D eigenvalue weighted by molar-refractivity contribution is -0.121. The molecule has 2 N–H and O–H groups in total. The van der Waals surface area contributed by atoms with Crippen molar-refractivity contribution in [3.8, 4) is 0 Å². The smallest absolute Gasteiger partial charge is 0.224 e. The molecule has 0 radical (unpaired) electrons. The van der Waals surface area contributed by atoms with E-state index in [1.165, 1.54) is 0 Å². The summed E-state index contributed by atoms with van der Waals surface area (Å²) in [6.45, 7) is 5.47. The molecule has 24 heavy (non-hydrogen) atoms. The van der Waals surface area contributed by atoms with E-state index in [1.807, 2.05) is 31.2 Å². The Labute approximate surface area is 144 Å². The fourth-order valence-corrected chi connectivity index (χ4v) is 3.84. The monoisotopic (exact) mass is 332 g/mol. The molecule has 0 bridgehead atoms. The highest BCUT2D eigenvalue weighted by Crippen LogP contribution is 2.24. The largest absolute Gasteiger partial charge is 0.396 e. The standard InChI is InChI=1S/C19H28N2O3/c1-14-4-2-3-5-15(14)10-19(23)20-18-12-21(11-16(18)13-22)17-6-8-24-9-7-17/h2-5,16-18,22H,6-13H2,1H3,(H,20,23)/t16-,18+/m0/s1. The van der Waals surface area contributed by atoms with Gasteiger partial charge in [0.25, 0.3) is 0 Å². The Morgan fingerprint density at radius 1 is 1.29 bits per heavy atom. The first kappa shape index (κ1) is 17.4. The van der Waals surface area contributed by atoms with E-state index < -0.39 is 0 Å². The topological polar surface area (TPSA) is 61.8 Å². The Hall–Kier alpha value is -1.43. The zero-order chi connectivity index (χ0) is 16.9. The van der Waals surface area contributed by atoms with E-state index in [0.717, 1.165) is 50.3 Å². The Bertz CT molecular complexity index is 557. The minimum atomic E-state index is 0.0364. The van der Waals surface area contributed by atoms with Gasteiger partial charge in [0.1, 0.15) is 0 Å². The number of carbonyl (C=O) groups is 1. The van der Waals surface area contributed by atoms with Crippen LogP contribution in [0.3, 0.4) is 0 Å². The third-order valence-corrected chi connectivity index (χ3v) is 5.37. The van der Waals surface area contributed by atoms with Crippen molar-refractivity contribution in [2.24, 2.45) is 5.92 Å². The van der Waals surface area contributed by atoms with E-state index in [1.54, 1.807) is 0 Å². The fourth-order valence-electron chi connectivity index (χ4n) is 3.84. The molecular formula is C19H28N2O3. The molecule has 0 saturated carbocycles. The molecule has 2 aliphatic rings. The van der Waals surface area contributed by atoms with Gasteiger partial charge < -0.3 is 15.2 Å². The zero-order valence-corrected chi connectivity index (χ0v) is 14.4. The molecule has 0 aromatic heterocycles. The van der Waals surface area contributed by atoms with E-state index in [0.29, 0.717) is 12.5 Å². The van der Waals surface area contributed by atoms with Crippen molar-refractivity contribution < 1.29 is 14.6 Å². The van der Waals surface area contributed by atoms with Gasteiger partial charge in [0.2, 0.25) is 5.91 Å². The third kappa shape index (κ3) is 4.15. The van der Waals surface area contributed by atoms with Crippen molar-refractivity contribution in [3.63, 3.8) is 0 Å². The molecule has 2 heterocycles. The van der Waals surface area contributed by atoms with Gasteiger partial charge in [0.05, 0.1) is 6.42 Å². The lowest BCUT2D eigenvalue weighted by Crippen LogP contribution is -2.43. The number of nitrogens with one attached hydrogen (secondary N) is 1. The Kier molecular flexibility index (Phi) is 5.87. The van der Waals surface area contributed by atoms with Gasteiger partial charge in [-0.25, -0.2) is 0 Å². The molecule has 0 unspecified atom stereocenters. The highest BCUT2D eigenvalue weighted by Gasteiger charge is 2.36. The summed E-state index contributed by atoms with van der Waals surface area (Å²) in [5.41, 5.74) is 2.21. The third-order valence-electron chi connectivity index (χ3n) is 5.37. The first-order chi connectivity index (χ1) is 11.7. The predicted octanol–water partition coefficient (Wildman–Crippen LogP) is 1.13.